The molecule has 1 N–H and O–H groups in total. The zero-order chi connectivity index (χ0) is 8.27. The maximum atomic E-state index is 5.21. The van der Waals surface area contributed by atoms with Gasteiger partial charge in [-0.15, -0.1) is 0 Å². The molecule has 0 unspecified atom stereocenters. The molecule has 0 bridgehead atoms. The summed E-state index contributed by atoms with van der Waals surface area (Å²) in [5.41, 5.74) is 1.88. The number of nitrogens with one attached hydrogen (secondary N) is 1. The molecule has 3 heteroatoms. The van der Waals surface area contributed by atoms with Crippen molar-refractivity contribution in [3.8, 4) is 0 Å². The molecule has 1 heterocycles. The van der Waals surface area contributed by atoms with E-state index in [9.17, 15) is 0 Å². The normalized spacial score (nSPS) is 11.7. The smallest absolute Gasteiger partial charge is 0.170 e. The molecule has 0 aliphatic heterocycles. The van der Waals surface area contributed by atoms with Crippen LogP contribution in [0.1, 0.15) is 12.7 Å². The van der Waals surface area contributed by atoms with Gasteiger partial charge in [0.2, 0.25) is 0 Å². The minimum atomic E-state index is 0.815. The van der Waals surface area contributed by atoms with Crippen molar-refractivity contribution in [2.24, 2.45) is 4.99 Å². The van der Waals surface area contributed by atoms with E-state index < -0.39 is 0 Å². The van der Waals surface area contributed by atoms with Crippen LogP contribution < -0.4 is 5.32 Å². The van der Waals surface area contributed by atoms with Gasteiger partial charge in [-0.3, -0.25) is 4.99 Å². The van der Waals surface area contributed by atoms with Crippen LogP contribution in [0, 0.1) is 0 Å². The molecule has 11 heavy (non-hydrogen) atoms. The van der Waals surface area contributed by atoms with E-state index in [4.69, 9.17) is 4.42 Å². The lowest BCUT2D eigenvalue weighted by atomic mass is 10.3. The highest BCUT2D eigenvalue weighted by Gasteiger charge is 2.05. The number of hydrogen-bond donors (Lipinski definition) is 1. The third-order valence-electron chi connectivity index (χ3n) is 1.60. The summed E-state index contributed by atoms with van der Waals surface area (Å²) >= 11 is 0. The quantitative estimate of drug-likeness (QED) is 0.655. The summed E-state index contributed by atoms with van der Waals surface area (Å²) in [6.45, 7) is 1.92. The Morgan fingerprint density at radius 2 is 2.36 bits per heavy atom. The number of nitrogens with zero attached hydrogens (tertiary/aromatic N) is 1. The molecule has 1 aromatic heterocycles. The van der Waals surface area contributed by atoms with E-state index in [0.29, 0.717) is 0 Å². The minimum absolute atomic E-state index is 0.815. The molecule has 1 aromatic rings. The lowest BCUT2D eigenvalue weighted by Gasteiger charge is -1.98. The molecule has 3 nitrogen and oxygen atoms in total. The first-order valence-corrected chi connectivity index (χ1v) is 3.48. The SMILES string of the molecule is CN=C(C)c1occc1NC. The topological polar surface area (TPSA) is 37.5 Å². The highest BCUT2D eigenvalue weighted by Crippen LogP contribution is 2.16. The summed E-state index contributed by atoms with van der Waals surface area (Å²) in [5, 5.41) is 3.02. The maximum absolute atomic E-state index is 5.21. The second-order valence-electron chi connectivity index (χ2n) is 2.22. The van der Waals surface area contributed by atoms with Crippen LogP contribution in [0.15, 0.2) is 21.7 Å². The van der Waals surface area contributed by atoms with E-state index in [1.807, 2.05) is 20.0 Å². The van der Waals surface area contributed by atoms with Gasteiger partial charge in [0.15, 0.2) is 5.76 Å². The number of anilines is 1. The van der Waals surface area contributed by atoms with Crippen molar-refractivity contribution >= 4 is 11.4 Å². The summed E-state index contributed by atoms with van der Waals surface area (Å²) in [6, 6.07) is 1.88. The summed E-state index contributed by atoms with van der Waals surface area (Å²) in [4.78, 5) is 4.02. The van der Waals surface area contributed by atoms with Crippen LogP contribution in [-0.2, 0) is 0 Å². The van der Waals surface area contributed by atoms with Crippen molar-refractivity contribution in [1.29, 1.82) is 0 Å². The van der Waals surface area contributed by atoms with Crippen molar-refractivity contribution < 1.29 is 4.42 Å². The molecule has 1 rings (SSSR count). The molecule has 60 valence electrons. The van der Waals surface area contributed by atoms with Crippen LogP contribution in [0.5, 0.6) is 0 Å². The Morgan fingerprint density at radius 1 is 1.64 bits per heavy atom. The Morgan fingerprint density at radius 3 is 2.91 bits per heavy atom. The van der Waals surface area contributed by atoms with E-state index in [0.717, 1.165) is 17.2 Å². The molecular weight excluding hydrogens is 140 g/mol. The van der Waals surface area contributed by atoms with Crippen molar-refractivity contribution in [3.63, 3.8) is 0 Å². The van der Waals surface area contributed by atoms with Gasteiger partial charge >= 0.3 is 0 Å². The maximum Gasteiger partial charge on any atom is 0.170 e. The summed E-state index contributed by atoms with van der Waals surface area (Å²) < 4.78 is 5.21. The van der Waals surface area contributed by atoms with E-state index in [1.165, 1.54) is 0 Å². The lowest BCUT2D eigenvalue weighted by molar-refractivity contribution is 0.558. The molecule has 0 saturated carbocycles. The fourth-order valence-electron chi connectivity index (χ4n) is 0.888. The monoisotopic (exact) mass is 152 g/mol. The van der Waals surface area contributed by atoms with E-state index in [2.05, 4.69) is 10.3 Å². The van der Waals surface area contributed by atoms with Crippen molar-refractivity contribution in [2.75, 3.05) is 19.4 Å². The van der Waals surface area contributed by atoms with Gasteiger partial charge in [0.05, 0.1) is 17.7 Å². The number of furan rings is 1. The van der Waals surface area contributed by atoms with Gasteiger partial charge in [-0.1, -0.05) is 0 Å². The summed E-state index contributed by atoms with van der Waals surface area (Å²) in [7, 11) is 3.61. The molecule has 0 saturated heterocycles. The zero-order valence-corrected chi connectivity index (χ0v) is 7.01. The zero-order valence-electron chi connectivity index (χ0n) is 7.01. The Hall–Kier alpha value is -1.25. The lowest BCUT2D eigenvalue weighted by Crippen LogP contribution is -1.97. The fourth-order valence-corrected chi connectivity index (χ4v) is 0.888. The molecule has 0 atom stereocenters. The third kappa shape index (κ3) is 1.42. The molecule has 0 spiro atoms. The van der Waals surface area contributed by atoms with E-state index in [-0.39, 0.29) is 0 Å². The van der Waals surface area contributed by atoms with E-state index in [1.54, 1.807) is 13.3 Å². The first-order valence-electron chi connectivity index (χ1n) is 3.48. The van der Waals surface area contributed by atoms with Crippen LogP contribution >= 0.6 is 0 Å². The average molecular weight is 152 g/mol. The van der Waals surface area contributed by atoms with Gasteiger partial charge in [-0.25, -0.2) is 0 Å². The van der Waals surface area contributed by atoms with Gasteiger partial charge in [-0.2, -0.15) is 0 Å². The fraction of sp³-hybridized carbons (Fsp3) is 0.375. The number of hydrogen-bond acceptors (Lipinski definition) is 3. The third-order valence-corrected chi connectivity index (χ3v) is 1.60. The van der Waals surface area contributed by atoms with Crippen LogP contribution in [0.2, 0.25) is 0 Å². The molecule has 0 aliphatic rings. The standard InChI is InChI=1S/C8H12N2O/c1-6(9-2)8-7(10-3)4-5-11-8/h4-5,10H,1-3H3. The molecule has 0 radical (unpaired) electrons. The van der Waals surface area contributed by atoms with Crippen molar-refractivity contribution in [3.05, 3.63) is 18.1 Å². The van der Waals surface area contributed by atoms with Crippen LogP contribution in [-0.4, -0.2) is 19.8 Å². The van der Waals surface area contributed by atoms with Crippen LogP contribution in [0.3, 0.4) is 0 Å². The molecule has 0 aromatic carbocycles. The van der Waals surface area contributed by atoms with Gasteiger partial charge in [-0.05, 0) is 6.92 Å². The summed E-state index contributed by atoms with van der Waals surface area (Å²) in [6.07, 6.45) is 1.65. The van der Waals surface area contributed by atoms with Gasteiger partial charge < -0.3 is 9.73 Å². The molecule has 0 amide bonds. The first kappa shape index (κ1) is 7.85. The second-order valence-corrected chi connectivity index (χ2v) is 2.22. The molecule has 0 aliphatic carbocycles. The second kappa shape index (κ2) is 3.23. The van der Waals surface area contributed by atoms with E-state index >= 15 is 0 Å². The Kier molecular flexibility index (Phi) is 2.31. The minimum Gasteiger partial charge on any atom is -0.461 e. The largest absolute Gasteiger partial charge is 0.461 e. The van der Waals surface area contributed by atoms with Gasteiger partial charge in [0.25, 0.3) is 0 Å². The Bertz CT molecular complexity index is 263. The van der Waals surface area contributed by atoms with Gasteiger partial charge in [0, 0.05) is 20.2 Å². The summed E-state index contributed by atoms with van der Waals surface area (Å²) in [5.74, 6) is 0.815. The highest BCUT2D eigenvalue weighted by molar-refractivity contribution is 6.00. The predicted molar refractivity (Wildman–Crippen MR) is 46.4 cm³/mol. The van der Waals surface area contributed by atoms with Crippen LogP contribution in [0.25, 0.3) is 0 Å². The molecular formula is C8H12N2O. The van der Waals surface area contributed by atoms with Gasteiger partial charge in [0.1, 0.15) is 0 Å². The van der Waals surface area contributed by atoms with Crippen LogP contribution in [0.4, 0.5) is 5.69 Å². The Labute approximate surface area is 66.1 Å². The Balaban J connectivity index is 3.02. The first-order chi connectivity index (χ1) is 5.29. The van der Waals surface area contributed by atoms with Crippen molar-refractivity contribution in [2.45, 2.75) is 6.92 Å². The highest BCUT2D eigenvalue weighted by atomic mass is 16.3. The number of aliphatic imine (C=N–C) groups is 1. The predicted octanol–water partition coefficient (Wildman–Crippen LogP) is 1.76. The van der Waals surface area contributed by atoms with Crippen molar-refractivity contribution in [1.82, 2.24) is 0 Å². The average Bonchev–Trinajstić information content (AvgIpc) is 2.50. The number of rotatable bonds is 2. The molecule has 0 fully saturated rings.